The van der Waals surface area contributed by atoms with E-state index in [4.69, 9.17) is 14.2 Å². The first-order valence-electron chi connectivity index (χ1n) is 11.5. The Kier molecular flexibility index (Phi) is 4.37. The van der Waals surface area contributed by atoms with Gasteiger partial charge in [-0.1, -0.05) is 26.8 Å². The minimum atomic E-state index is -1.97. The Morgan fingerprint density at radius 3 is 2.45 bits per heavy atom. The molecule has 6 rings (SSSR count). The van der Waals surface area contributed by atoms with E-state index < -0.39 is 41.5 Å². The lowest BCUT2D eigenvalue weighted by Gasteiger charge is -2.75. The minimum absolute atomic E-state index is 0.123. The van der Waals surface area contributed by atoms with Gasteiger partial charge < -0.3 is 24.4 Å². The number of hydrogen-bond acceptors (Lipinski definition) is 7. The van der Waals surface area contributed by atoms with Crippen molar-refractivity contribution in [2.24, 2.45) is 34.0 Å². The van der Waals surface area contributed by atoms with Gasteiger partial charge in [0.1, 0.15) is 6.10 Å². The summed E-state index contributed by atoms with van der Waals surface area (Å²) in [5.74, 6) is -3.51. The number of aliphatic hydroxyl groups excluding tert-OH is 1. The van der Waals surface area contributed by atoms with Crippen molar-refractivity contribution in [3.8, 4) is 0 Å². The largest absolute Gasteiger partial charge is 0.457 e. The van der Waals surface area contributed by atoms with Gasteiger partial charge in [-0.3, -0.25) is 9.59 Å². The zero-order valence-corrected chi connectivity index (χ0v) is 18.8. The van der Waals surface area contributed by atoms with Crippen LogP contribution in [0.2, 0.25) is 0 Å². The molecule has 2 N–H and O–H groups in total. The van der Waals surface area contributed by atoms with E-state index in [0.29, 0.717) is 12.2 Å². The molecule has 4 aliphatic carbocycles. The van der Waals surface area contributed by atoms with E-state index in [1.54, 1.807) is 0 Å². The summed E-state index contributed by atoms with van der Waals surface area (Å²) in [7, 11) is 0. The van der Waals surface area contributed by atoms with Gasteiger partial charge in [-0.15, -0.1) is 0 Å². The third-order valence-electron chi connectivity index (χ3n) is 9.53. The fourth-order valence-electron chi connectivity index (χ4n) is 8.84. The van der Waals surface area contributed by atoms with Crippen molar-refractivity contribution in [2.45, 2.75) is 83.9 Å². The van der Waals surface area contributed by atoms with Crippen molar-refractivity contribution >= 4 is 11.9 Å². The third-order valence-corrected chi connectivity index (χ3v) is 9.53. The quantitative estimate of drug-likeness (QED) is 0.508. The molecule has 31 heavy (non-hydrogen) atoms. The highest BCUT2D eigenvalue weighted by atomic mass is 16.7. The maximum Gasteiger partial charge on any atom is 0.303 e. The van der Waals surface area contributed by atoms with Crippen LogP contribution in [0.25, 0.3) is 0 Å². The molecule has 1 unspecified atom stereocenters. The maximum absolute atomic E-state index is 12.3. The van der Waals surface area contributed by atoms with Gasteiger partial charge >= 0.3 is 11.9 Å². The Morgan fingerprint density at radius 2 is 1.81 bits per heavy atom. The monoisotopic (exact) mass is 434 g/mol. The summed E-state index contributed by atoms with van der Waals surface area (Å²) in [6, 6.07) is 0. The Morgan fingerprint density at radius 1 is 1.13 bits per heavy atom. The zero-order chi connectivity index (χ0) is 22.6. The predicted molar refractivity (Wildman–Crippen MR) is 109 cm³/mol. The molecule has 7 nitrogen and oxygen atoms in total. The predicted octanol–water partition coefficient (Wildman–Crippen LogP) is 2.34. The highest BCUT2D eigenvalue weighted by molar-refractivity contribution is 5.67. The van der Waals surface area contributed by atoms with E-state index in [1.165, 1.54) is 13.8 Å². The lowest BCUT2D eigenvalue weighted by Crippen LogP contribution is -2.84. The van der Waals surface area contributed by atoms with Gasteiger partial charge in [0.05, 0.1) is 18.1 Å². The average molecular weight is 435 g/mol. The van der Waals surface area contributed by atoms with E-state index in [9.17, 15) is 19.8 Å². The third kappa shape index (κ3) is 2.30. The van der Waals surface area contributed by atoms with Gasteiger partial charge in [0.2, 0.25) is 5.79 Å². The highest BCUT2D eigenvalue weighted by Gasteiger charge is 2.86. The molecule has 6 aliphatic rings. The Hall–Kier alpha value is -1.44. The van der Waals surface area contributed by atoms with Crippen LogP contribution in [0.3, 0.4) is 0 Å². The van der Waals surface area contributed by atoms with Gasteiger partial charge in [-0.25, -0.2) is 0 Å². The van der Waals surface area contributed by atoms with Crippen LogP contribution in [0.5, 0.6) is 0 Å². The summed E-state index contributed by atoms with van der Waals surface area (Å²) >= 11 is 0. The van der Waals surface area contributed by atoms with E-state index in [2.05, 4.69) is 20.4 Å². The van der Waals surface area contributed by atoms with Crippen LogP contribution in [0, 0.1) is 34.0 Å². The number of hydrogen-bond donors (Lipinski definition) is 2. The average Bonchev–Trinajstić information content (AvgIpc) is 2.77. The lowest BCUT2D eigenvalue weighted by molar-refractivity contribution is -0.467. The Labute approximate surface area is 183 Å². The molecule has 0 aromatic carbocycles. The zero-order valence-electron chi connectivity index (χ0n) is 18.8. The molecule has 172 valence electrons. The standard InChI is InChI=1S/C24H34O7/c1-12-15-7-8-16-22-10-6-9-21(4,5)17(22)20(31-14(3)26)24(28,29-11-22)23(16,18(15)27)19(12)30-13(2)25/h15-20,27-28H,1,6-11H2,2-5H3/t15-,16-,17+,18?,19+,20-,22+,23+,24+/m0/s1. The van der Waals surface area contributed by atoms with Crippen molar-refractivity contribution in [3.63, 3.8) is 0 Å². The molecule has 7 heteroatoms. The smallest absolute Gasteiger partial charge is 0.303 e. The summed E-state index contributed by atoms with van der Waals surface area (Å²) in [5.41, 5.74) is -1.26. The van der Waals surface area contributed by atoms with Crippen LogP contribution in [-0.4, -0.2) is 52.9 Å². The van der Waals surface area contributed by atoms with Crippen LogP contribution in [0.4, 0.5) is 0 Å². The number of carbonyl (C=O) groups excluding carboxylic acids is 2. The van der Waals surface area contributed by atoms with Crippen molar-refractivity contribution < 1.29 is 34.0 Å². The van der Waals surface area contributed by atoms with Crippen molar-refractivity contribution in [3.05, 3.63) is 12.2 Å². The Bertz CT molecular complexity index is 851. The van der Waals surface area contributed by atoms with Gasteiger partial charge in [0.25, 0.3) is 0 Å². The molecular formula is C24H34O7. The lowest BCUT2D eigenvalue weighted by atomic mass is 9.36. The van der Waals surface area contributed by atoms with E-state index >= 15 is 0 Å². The fraction of sp³-hybridized carbons (Fsp3) is 0.833. The molecule has 0 aromatic heterocycles. The van der Waals surface area contributed by atoms with Crippen molar-refractivity contribution in [1.29, 1.82) is 0 Å². The van der Waals surface area contributed by atoms with Crippen molar-refractivity contribution in [2.75, 3.05) is 6.61 Å². The first-order valence-corrected chi connectivity index (χ1v) is 11.5. The molecule has 4 saturated carbocycles. The summed E-state index contributed by atoms with van der Waals surface area (Å²) in [6.45, 7) is 11.5. The number of fused-ring (bicyclic) bond motifs is 2. The molecule has 9 atom stereocenters. The second-order valence-corrected chi connectivity index (χ2v) is 11.2. The summed E-state index contributed by atoms with van der Waals surface area (Å²) < 4.78 is 17.9. The van der Waals surface area contributed by atoms with Crippen molar-refractivity contribution in [1.82, 2.24) is 0 Å². The first-order chi connectivity index (χ1) is 14.4. The Balaban J connectivity index is 1.78. The summed E-state index contributed by atoms with van der Waals surface area (Å²) in [4.78, 5) is 24.3. The molecule has 4 bridgehead atoms. The highest BCUT2D eigenvalue weighted by Crippen LogP contribution is 2.78. The van der Waals surface area contributed by atoms with Gasteiger partial charge in [-0.05, 0) is 42.6 Å². The molecule has 2 saturated heterocycles. The first kappa shape index (κ1) is 21.4. The fourth-order valence-corrected chi connectivity index (χ4v) is 8.84. The number of esters is 2. The summed E-state index contributed by atoms with van der Waals surface area (Å²) in [6.07, 6.45) is 1.48. The van der Waals surface area contributed by atoms with Gasteiger partial charge in [0.15, 0.2) is 6.10 Å². The van der Waals surface area contributed by atoms with Crippen LogP contribution in [0.1, 0.15) is 59.8 Å². The number of carbonyl (C=O) groups is 2. The SMILES string of the molecule is C=C1[C@@H](OC(C)=O)[C@]23C(O)[C@H]1CC[C@H]2[C@]12CCCC(C)(C)[C@H]1[C@H](OC(C)=O)[C@@]3(O)OC2. The van der Waals surface area contributed by atoms with Crippen LogP contribution >= 0.6 is 0 Å². The van der Waals surface area contributed by atoms with Gasteiger partial charge in [-0.2, -0.15) is 0 Å². The molecule has 2 spiro atoms. The van der Waals surface area contributed by atoms with Crippen LogP contribution in [-0.2, 0) is 23.8 Å². The second-order valence-electron chi connectivity index (χ2n) is 11.2. The van der Waals surface area contributed by atoms with Gasteiger partial charge in [0, 0.05) is 31.1 Å². The van der Waals surface area contributed by atoms with E-state index in [-0.39, 0.29) is 28.6 Å². The summed E-state index contributed by atoms with van der Waals surface area (Å²) in [5, 5.41) is 24.0. The molecule has 0 radical (unpaired) electrons. The maximum atomic E-state index is 12.3. The van der Waals surface area contributed by atoms with E-state index in [1.807, 2.05) is 0 Å². The van der Waals surface area contributed by atoms with Crippen LogP contribution in [0.15, 0.2) is 12.2 Å². The normalized spacial score (nSPS) is 51.6. The molecule has 2 heterocycles. The van der Waals surface area contributed by atoms with Crippen LogP contribution < -0.4 is 0 Å². The number of ether oxygens (including phenoxy) is 3. The minimum Gasteiger partial charge on any atom is -0.457 e. The molecule has 2 aliphatic heterocycles. The second kappa shape index (κ2) is 6.33. The molecule has 6 fully saturated rings. The molecule has 0 aromatic rings. The molecule has 0 amide bonds. The van der Waals surface area contributed by atoms with E-state index in [0.717, 1.165) is 32.1 Å². The molecular weight excluding hydrogens is 400 g/mol. The number of aliphatic hydroxyl groups is 2. The number of rotatable bonds is 2. The topological polar surface area (TPSA) is 102 Å².